The largest absolute Gasteiger partial charge is 0.469 e. The predicted molar refractivity (Wildman–Crippen MR) is 127 cm³/mol. The van der Waals surface area contributed by atoms with Gasteiger partial charge in [-0.3, -0.25) is 4.79 Å². The number of pyridine rings is 1. The topological polar surface area (TPSA) is 76.4 Å². The highest BCUT2D eigenvalue weighted by atomic mass is 16.5. The monoisotopic (exact) mass is 437 g/mol. The smallest absolute Gasteiger partial charge is 0.309 e. The molecule has 32 heavy (non-hydrogen) atoms. The number of nitrogens with zero attached hydrogens (tertiary/aromatic N) is 2. The van der Waals surface area contributed by atoms with E-state index in [-0.39, 0.29) is 12.0 Å². The molecule has 0 saturated heterocycles. The molecule has 3 rings (SSSR count). The van der Waals surface area contributed by atoms with Gasteiger partial charge in [-0.15, -0.1) is 0 Å². The molecule has 0 aliphatic heterocycles. The number of hydrogen-bond acceptors (Lipinski definition) is 5. The molecule has 0 saturated carbocycles. The van der Waals surface area contributed by atoms with Crippen LogP contribution in [0.4, 0.5) is 0 Å². The van der Waals surface area contributed by atoms with Crippen LogP contribution in [0.2, 0.25) is 0 Å². The Morgan fingerprint density at radius 3 is 2.62 bits per heavy atom. The van der Waals surface area contributed by atoms with Crippen molar-refractivity contribution in [3.8, 4) is 5.82 Å². The van der Waals surface area contributed by atoms with Crippen molar-refractivity contribution in [2.24, 2.45) is 5.92 Å². The third-order valence-corrected chi connectivity index (χ3v) is 5.93. The van der Waals surface area contributed by atoms with Crippen molar-refractivity contribution >= 4 is 5.97 Å². The van der Waals surface area contributed by atoms with E-state index in [1.165, 1.54) is 12.7 Å². The number of aryl methyl sites for hydroxylation is 2. The van der Waals surface area contributed by atoms with E-state index in [0.717, 1.165) is 41.2 Å². The summed E-state index contributed by atoms with van der Waals surface area (Å²) in [6.45, 7) is 8.84. The molecule has 0 bridgehead atoms. The summed E-state index contributed by atoms with van der Waals surface area (Å²) in [6.07, 6.45) is 7.59. The lowest BCUT2D eigenvalue weighted by Crippen LogP contribution is -2.31. The van der Waals surface area contributed by atoms with Gasteiger partial charge in [-0.25, -0.2) is 4.98 Å². The summed E-state index contributed by atoms with van der Waals surface area (Å²) in [4.78, 5) is 16.2. The molecule has 172 valence electrons. The first-order chi connectivity index (χ1) is 15.3. The van der Waals surface area contributed by atoms with Crippen LogP contribution in [0.15, 0.2) is 53.8 Å². The molecule has 6 nitrogen and oxygen atoms in total. The number of carbonyl (C=O) groups is 1. The summed E-state index contributed by atoms with van der Waals surface area (Å²) in [7, 11) is 1.43. The van der Waals surface area contributed by atoms with E-state index in [1.54, 1.807) is 6.20 Å². The molecule has 1 aliphatic rings. The Balaban J connectivity index is 1.54. The Bertz CT molecular complexity index is 969. The van der Waals surface area contributed by atoms with Crippen LogP contribution in [0.25, 0.3) is 5.82 Å². The predicted octanol–water partition coefficient (Wildman–Crippen LogP) is 4.35. The van der Waals surface area contributed by atoms with Crippen LogP contribution in [0.5, 0.6) is 0 Å². The summed E-state index contributed by atoms with van der Waals surface area (Å²) >= 11 is 0. The van der Waals surface area contributed by atoms with Gasteiger partial charge in [0.1, 0.15) is 5.82 Å². The molecule has 0 fully saturated rings. The summed E-state index contributed by atoms with van der Waals surface area (Å²) < 4.78 is 6.90. The van der Waals surface area contributed by atoms with Crippen molar-refractivity contribution in [1.82, 2.24) is 14.9 Å². The van der Waals surface area contributed by atoms with Gasteiger partial charge in [0, 0.05) is 35.7 Å². The number of methoxy groups -OCH3 is 1. The first kappa shape index (κ1) is 24.0. The average molecular weight is 438 g/mol. The van der Waals surface area contributed by atoms with E-state index < -0.39 is 6.10 Å². The van der Waals surface area contributed by atoms with Crippen LogP contribution in [0.3, 0.4) is 0 Å². The van der Waals surface area contributed by atoms with Crippen LogP contribution >= 0.6 is 0 Å². The second-order valence-electron chi connectivity index (χ2n) is 8.91. The summed E-state index contributed by atoms with van der Waals surface area (Å²) in [6, 6.07) is 8.21. The maximum atomic E-state index is 11.6. The molecule has 3 atom stereocenters. The number of ether oxygens (including phenoxy) is 1. The molecule has 2 N–H and O–H groups in total. The lowest BCUT2D eigenvalue weighted by molar-refractivity contribution is -0.139. The van der Waals surface area contributed by atoms with E-state index >= 15 is 0 Å². The number of aromatic nitrogens is 2. The number of aliphatic hydroxyl groups is 1. The van der Waals surface area contributed by atoms with Gasteiger partial charge in [-0.2, -0.15) is 0 Å². The van der Waals surface area contributed by atoms with E-state index in [0.29, 0.717) is 18.9 Å². The van der Waals surface area contributed by atoms with Crippen LogP contribution in [-0.2, 0) is 9.53 Å². The first-order valence-electron chi connectivity index (χ1n) is 11.3. The van der Waals surface area contributed by atoms with Gasteiger partial charge in [0.25, 0.3) is 0 Å². The molecular weight excluding hydrogens is 402 g/mol. The van der Waals surface area contributed by atoms with Crippen molar-refractivity contribution in [2.45, 2.75) is 59.1 Å². The number of hydrogen-bond donors (Lipinski definition) is 2. The second kappa shape index (κ2) is 10.7. The van der Waals surface area contributed by atoms with Crippen molar-refractivity contribution < 1.29 is 14.6 Å². The Labute approximate surface area is 191 Å². The first-order valence-corrected chi connectivity index (χ1v) is 11.3. The quantitative estimate of drug-likeness (QED) is 0.571. The van der Waals surface area contributed by atoms with Crippen molar-refractivity contribution in [1.29, 1.82) is 0 Å². The zero-order valence-corrected chi connectivity index (χ0v) is 19.8. The molecule has 2 aromatic heterocycles. The Kier molecular flexibility index (Phi) is 8.04. The fraction of sp³-hybridized carbons (Fsp3) is 0.462. The molecule has 0 radical (unpaired) electrons. The standard InChI is InChI=1S/C26H35N3O3/c1-17-10-21(13-22(11-17)14-26(31)32-5)12-18(2)27-16-24(30)23-8-9-25(28-15-23)29-19(3)6-7-20(29)4/h6-10,13,15,17-18,24,27,30H,11-12,14,16H2,1-5H3/t17?,18-,24+/m1/s1. The Hall–Kier alpha value is -2.70. The van der Waals surface area contributed by atoms with E-state index in [1.807, 2.05) is 12.1 Å². The number of nitrogens with one attached hydrogen (secondary N) is 1. The van der Waals surface area contributed by atoms with Gasteiger partial charge in [0.2, 0.25) is 0 Å². The van der Waals surface area contributed by atoms with Crippen LogP contribution in [0.1, 0.15) is 56.2 Å². The molecule has 0 aromatic carbocycles. The number of esters is 1. The van der Waals surface area contributed by atoms with Gasteiger partial charge in [-0.1, -0.05) is 36.3 Å². The second-order valence-corrected chi connectivity index (χ2v) is 8.91. The molecule has 0 amide bonds. The lowest BCUT2D eigenvalue weighted by Gasteiger charge is -2.22. The van der Waals surface area contributed by atoms with Crippen molar-refractivity contribution in [2.75, 3.05) is 13.7 Å². The Morgan fingerprint density at radius 1 is 1.28 bits per heavy atom. The SMILES string of the molecule is COC(=O)CC1=CC(C[C@@H](C)NC[C@H](O)c2ccc(-n3c(C)ccc3C)nc2)=CC(C)C1. The van der Waals surface area contributed by atoms with Crippen molar-refractivity contribution in [3.63, 3.8) is 0 Å². The van der Waals surface area contributed by atoms with Gasteiger partial charge < -0.3 is 19.7 Å². The van der Waals surface area contributed by atoms with Crippen LogP contribution in [-0.4, -0.2) is 40.3 Å². The number of rotatable bonds is 9. The van der Waals surface area contributed by atoms with Gasteiger partial charge >= 0.3 is 5.97 Å². The number of aliphatic hydroxyl groups excluding tert-OH is 1. The highest BCUT2D eigenvalue weighted by Gasteiger charge is 2.17. The molecule has 1 unspecified atom stereocenters. The van der Waals surface area contributed by atoms with Crippen LogP contribution < -0.4 is 5.32 Å². The summed E-state index contributed by atoms with van der Waals surface area (Å²) in [5.74, 6) is 1.07. The summed E-state index contributed by atoms with van der Waals surface area (Å²) in [5.41, 5.74) is 5.40. The number of carbonyl (C=O) groups excluding carboxylic acids is 1. The van der Waals surface area contributed by atoms with Crippen LogP contribution in [0, 0.1) is 19.8 Å². The van der Waals surface area contributed by atoms with E-state index in [4.69, 9.17) is 4.74 Å². The molecule has 2 heterocycles. The highest BCUT2D eigenvalue weighted by molar-refractivity contribution is 5.72. The lowest BCUT2D eigenvalue weighted by atomic mass is 9.88. The maximum absolute atomic E-state index is 11.6. The molecule has 6 heteroatoms. The maximum Gasteiger partial charge on any atom is 0.309 e. The van der Waals surface area contributed by atoms with E-state index in [9.17, 15) is 9.90 Å². The molecule has 2 aromatic rings. The zero-order chi connectivity index (χ0) is 23.3. The molecule has 1 aliphatic carbocycles. The third kappa shape index (κ3) is 6.17. The van der Waals surface area contributed by atoms with Gasteiger partial charge in [0.05, 0.1) is 19.6 Å². The van der Waals surface area contributed by atoms with E-state index in [2.05, 4.69) is 66.8 Å². The third-order valence-electron chi connectivity index (χ3n) is 5.93. The number of allylic oxidation sites excluding steroid dienone is 2. The van der Waals surface area contributed by atoms with Gasteiger partial charge in [0.15, 0.2) is 0 Å². The highest BCUT2D eigenvalue weighted by Crippen LogP contribution is 2.27. The minimum absolute atomic E-state index is 0.189. The average Bonchev–Trinajstić information content (AvgIpc) is 3.09. The van der Waals surface area contributed by atoms with Crippen molar-refractivity contribution in [3.05, 3.63) is 70.7 Å². The molecule has 0 spiro atoms. The normalized spacial score (nSPS) is 18.0. The Morgan fingerprint density at radius 2 is 2.00 bits per heavy atom. The fourth-order valence-corrected chi connectivity index (χ4v) is 4.33. The molecular formula is C26H35N3O3. The minimum Gasteiger partial charge on any atom is -0.469 e. The summed E-state index contributed by atoms with van der Waals surface area (Å²) in [5, 5.41) is 14.1. The fourth-order valence-electron chi connectivity index (χ4n) is 4.33. The zero-order valence-electron chi connectivity index (χ0n) is 19.8. The minimum atomic E-state index is -0.629. The van der Waals surface area contributed by atoms with Gasteiger partial charge in [-0.05, 0) is 57.7 Å².